The molecular weight excluding hydrogens is 507 g/mol. The summed E-state index contributed by atoms with van der Waals surface area (Å²) in [5.74, 6) is 0.741. The van der Waals surface area contributed by atoms with Gasteiger partial charge in [0.1, 0.15) is 11.6 Å². The summed E-state index contributed by atoms with van der Waals surface area (Å²) in [7, 11) is 0. The number of hydrogen-bond acceptors (Lipinski definition) is 2. The molecule has 0 unspecified atom stereocenters. The summed E-state index contributed by atoms with van der Waals surface area (Å²) in [6.45, 7) is 5.12. The lowest BCUT2D eigenvalue weighted by molar-refractivity contribution is 0.155. The average Bonchev–Trinajstić information content (AvgIpc) is 3.41. The van der Waals surface area contributed by atoms with Crippen molar-refractivity contribution in [3.05, 3.63) is 113 Å². The van der Waals surface area contributed by atoms with E-state index in [9.17, 15) is 4.39 Å². The molecule has 1 saturated carbocycles. The Balaban J connectivity index is 1.28. The molecule has 1 aliphatic carbocycles. The van der Waals surface area contributed by atoms with Crippen molar-refractivity contribution in [2.24, 2.45) is 4.99 Å². The Bertz CT molecular complexity index is 1790. The maximum Gasteiger partial charge on any atom is 0.123 e. The van der Waals surface area contributed by atoms with Crippen molar-refractivity contribution in [2.45, 2.75) is 58.5 Å². The van der Waals surface area contributed by atoms with Crippen molar-refractivity contribution in [1.29, 1.82) is 0 Å². The van der Waals surface area contributed by atoms with E-state index in [1.807, 2.05) is 12.1 Å². The number of benzene rings is 4. The number of halogens is 1. The van der Waals surface area contributed by atoms with Crippen LogP contribution in [0.15, 0.2) is 83.9 Å². The van der Waals surface area contributed by atoms with Crippen molar-refractivity contribution in [3.63, 3.8) is 0 Å². The third-order valence-electron chi connectivity index (χ3n) is 8.63. The van der Waals surface area contributed by atoms with Crippen LogP contribution in [0.5, 0.6) is 5.75 Å². The lowest BCUT2D eigenvalue weighted by atomic mass is 9.88. The average molecular weight is 543 g/mol. The lowest BCUT2D eigenvalue weighted by Gasteiger charge is -2.24. The topological polar surface area (TPSA) is 37.4 Å². The molecule has 0 spiro atoms. The van der Waals surface area contributed by atoms with Gasteiger partial charge in [0.25, 0.3) is 0 Å². The second-order valence-corrected chi connectivity index (χ2v) is 11.7. The zero-order chi connectivity index (χ0) is 27.9. The molecule has 7 rings (SSSR count). The van der Waals surface area contributed by atoms with Gasteiger partial charge in [0, 0.05) is 23.0 Å². The Kier molecular flexibility index (Phi) is 6.70. The van der Waals surface area contributed by atoms with Gasteiger partial charge in [0.15, 0.2) is 0 Å². The molecule has 3 nitrogen and oxygen atoms in total. The van der Waals surface area contributed by atoms with Crippen LogP contribution in [-0.4, -0.2) is 23.3 Å². The molecular formula is C37H35FN2O. The molecule has 4 aromatic carbocycles. The molecule has 0 amide bonds. The van der Waals surface area contributed by atoms with Gasteiger partial charge in [0.2, 0.25) is 0 Å². The molecule has 0 saturated heterocycles. The highest BCUT2D eigenvalue weighted by molar-refractivity contribution is 6.16. The molecule has 4 heteroatoms. The van der Waals surface area contributed by atoms with Crippen LogP contribution in [0.3, 0.4) is 0 Å². The van der Waals surface area contributed by atoms with Gasteiger partial charge in [-0.3, -0.25) is 4.99 Å². The van der Waals surface area contributed by atoms with Gasteiger partial charge >= 0.3 is 0 Å². The highest BCUT2D eigenvalue weighted by Crippen LogP contribution is 2.36. The Labute approximate surface area is 241 Å². The molecule has 1 N–H and O–H groups in total. The lowest BCUT2D eigenvalue weighted by Crippen LogP contribution is -2.19. The molecule has 41 heavy (non-hydrogen) atoms. The monoisotopic (exact) mass is 542 g/mol. The third kappa shape index (κ3) is 5.08. The van der Waals surface area contributed by atoms with E-state index in [1.165, 1.54) is 58.7 Å². The zero-order valence-corrected chi connectivity index (χ0v) is 23.8. The van der Waals surface area contributed by atoms with Crippen LogP contribution >= 0.6 is 0 Å². The van der Waals surface area contributed by atoms with Crippen molar-refractivity contribution < 1.29 is 9.13 Å². The maximum atomic E-state index is 14.1. The number of aromatic nitrogens is 1. The van der Waals surface area contributed by atoms with Crippen molar-refractivity contribution >= 4 is 16.6 Å². The molecule has 2 heterocycles. The quantitative estimate of drug-likeness (QED) is 0.236. The Morgan fingerprint density at radius 1 is 0.805 bits per heavy atom. The van der Waals surface area contributed by atoms with Crippen LogP contribution in [0.25, 0.3) is 33.2 Å². The van der Waals surface area contributed by atoms with Crippen LogP contribution in [0.2, 0.25) is 0 Å². The number of ether oxygens (including phenoxy) is 1. The van der Waals surface area contributed by atoms with Crippen LogP contribution in [0.1, 0.15) is 60.1 Å². The van der Waals surface area contributed by atoms with E-state index in [0.29, 0.717) is 6.10 Å². The number of aromatic amines is 1. The van der Waals surface area contributed by atoms with E-state index in [1.54, 1.807) is 12.1 Å². The highest BCUT2D eigenvalue weighted by Gasteiger charge is 2.22. The molecule has 5 aromatic rings. The fourth-order valence-corrected chi connectivity index (χ4v) is 6.65. The molecule has 1 aromatic heterocycles. The van der Waals surface area contributed by atoms with Gasteiger partial charge in [0.05, 0.1) is 17.5 Å². The van der Waals surface area contributed by atoms with E-state index >= 15 is 0 Å². The number of aliphatic imine (C=N–C) groups is 1. The summed E-state index contributed by atoms with van der Waals surface area (Å²) in [6, 6.07) is 26.4. The second kappa shape index (κ2) is 10.7. The van der Waals surface area contributed by atoms with E-state index in [2.05, 4.69) is 67.4 Å². The minimum atomic E-state index is -0.229. The molecule has 0 radical (unpaired) electrons. The predicted molar refractivity (Wildman–Crippen MR) is 167 cm³/mol. The summed E-state index contributed by atoms with van der Waals surface area (Å²) >= 11 is 0. The number of aryl methyl sites for hydroxylation is 2. The van der Waals surface area contributed by atoms with Crippen molar-refractivity contribution in [3.8, 4) is 28.0 Å². The molecule has 1 aliphatic heterocycles. The van der Waals surface area contributed by atoms with Crippen LogP contribution in [0.4, 0.5) is 4.39 Å². The van der Waals surface area contributed by atoms with E-state index in [0.717, 1.165) is 65.0 Å². The maximum absolute atomic E-state index is 14.1. The Morgan fingerprint density at radius 3 is 2.51 bits per heavy atom. The van der Waals surface area contributed by atoms with E-state index in [-0.39, 0.29) is 5.82 Å². The fourth-order valence-electron chi connectivity index (χ4n) is 6.65. The summed E-state index contributed by atoms with van der Waals surface area (Å²) < 4.78 is 20.5. The minimum absolute atomic E-state index is 0.229. The van der Waals surface area contributed by atoms with Gasteiger partial charge in [-0.15, -0.1) is 0 Å². The molecule has 0 bridgehead atoms. The summed E-state index contributed by atoms with van der Waals surface area (Å²) in [6.07, 6.45) is 7.37. The third-order valence-corrected chi connectivity index (χ3v) is 8.63. The van der Waals surface area contributed by atoms with Gasteiger partial charge < -0.3 is 9.72 Å². The van der Waals surface area contributed by atoms with Crippen LogP contribution in [-0.2, 0) is 6.42 Å². The molecule has 2 aliphatic rings. The largest absolute Gasteiger partial charge is 0.490 e. The van der Waals surface area contributed by atoms with Crippen LogP contribution in [0, 0.1) is 19.7 Å². The fraction of sp³-hybridized carbons (Fsp3) is 0.270. The summed E-state index contributed by atoms with van der Waals surface area (Å²) in [4.78, 5) is 8.65. The van der Waals surface area contributed by atoms with E-state index in [4.69, 9.17) is 9.73 Å². The summed E-state index contributed by atoms with van der Waals surface area (Å²) in [5.41, 5.74) is 12.3. The first-order valence-corrected chi connectivity index (χ1v) is 14.9. The molecule has 0 atom stereocenters. The minimum Gasteiger partial charge on any atom is -0.490 e. The SMILES string of the molecule is Cc1cc(OC2CCCCC2)cc(-c2cc3c(cc2C)CCN=C3c2cc3c(-c4cccc(F)c4)cccc3[nH]2)c1. The number of H-pyrrole nitrogens is 1. The Morgan fingerprint density at radius 2 is 1.66 bits per heavy atom. The number of nitrogens with one attached hydrogen (secondary N) is 1. The normalized spacial score (nSPS) is 15.5. The standard InChI is InChI=1S/C37H35FN2O/c1-23-16-27(20-30(17-23)41-29-10-4-3-5-11-29)32-21-33-26(18-24(32)2)14-15-39-37(33)36-22-34-31(12-7-13-35(34)40-36)25-8-6-9-28(38)19-25/h6-9,12-13,16-22,29,40H,3-5,10-11,14-15H2,1-2H3. The highest BCUT2D eigenvalue weighted by atomic mass is 19.1. The number of rotatable bonds is 5. The van der Waals surface area contributed by atoms with Gasteiger partial charge in [-0.1, -0.05) is 42.8 Å². The van der Waals surface area contributed by atoms with E-state index < -0.39 is 0 Å². The molecule has 1 fully saturated rings. The Hall–Kier alpha value is -4.18. The second-order valence-electron chi connectivity index (χ2n) is 11.7. The van der Waals surface area contributed by atoms with Gasteiger partial charge in [-0.25, -0.2) is 4.39 Å². The first-order valence-electron chi connectivity index (χ1n) is 14.9. The number of fused-ring (bicyclic) bond motifs is 2. The zero-order valence-electron chi connectivity index (χ0n) is 23.8. The van der Waals surface area contributed by atoms with Crippen LogP contribution < -0.4 is 4.74 Å². The molecule has 206 valence electrons. The number of hydrogen-bond donors (Lipinski definition) is 1. The van der Waals surface area contributed by atoms with Gasteiger partial charge in [-0.2, -0.15) is 0 Å². The summed E-state index contributed by atoms with van der Waals surface area (Å²) in [5, 5.41) is 1.07. The van der Waals surface area contributed by atoms with Crippen molar-refractivity contribution in [1.82, 2.24) is 4.98 Å². The number of nitrogens with zero attached hydrogens (tertiary/aromatic N) is 1. The van der Waals surface area contributed by atoms with Crippen molar-refractivity contribution in [2.75, 3.05) is 6.54 Å². The predicted octanol–water partition coefficient (Wildman–Crippen LogP) is 9.36. The first-order chi connectivity index (χ1) is 20.0. The first kappa shape index (κ1) is 25.8. The van der Waals surface area contributed by atoms with Gasteiger partial charge in [-0.05, 0) is 127 Å². The smallest absolute Gasteiger partial charge is 0.123 e.